The summed E-state index contributed by atoms with van der Waals surface area (Å²) < 4.78 is 4.99. The van der Waals surface area contributed by atoms with Crippen molar-refractivity contribution in [2.45, 2.75) is 6.92 Å². The van der Waals surface area contributed by atoms with Crippen molar-refractivity contribution in [3.63, 3.8) is 0 Å². The van der Waals surface area contributed by atoms with Gasteiger partial charge in [0.2, 0.25) is 0 Å². The van der Waals surface area contributed by atoms with Crippen molar-refractivity contribution in [3.05, 3.63) is 29.0 Å². The number of nitrogens with one attached hydrogen (secondary N) is 1. The Morgan fingerprint density at radius 3 is 3.06 bits per heavy atom. The van der Waals surface area contributed by atoms with Crippen LogP contribution >= 0.6 is 11.6 Å². The molecule has 1 aromatic carbocycles. The van der Waals surface area contributed by atoms with Gasteiger partial charge in [-0.2, -0.15) is 4.98 Å². The monoisotopic (exact) mass is 266 g/mol. The number of carbonyl (C=O) groups is 1. The fourth-order valence-corrected chi connectivity index (χ4v) is 1.57. The number of aromatic nitrogens is 2. The van der Waals surface area contributed by atoms with Gasteiger partial charge in [0.05, 0.1) is 10.6 Å². The van der Waals surface area contributed by atoms with E-state index in [1.807, 2.05) is 0 Å². The number of benzene rings is 1. The van der Waals surface area contributed by atoms with Crippen molar-refractivity contribution in [1.29, 1.82) is 0 Å². The van der Waals surface area contributed by atoms with Crippen LogP contribution in [0.5, 0.6) is 0 Å². The molecule has 2 aromatic rings. The highest BCUT2D eigenvalue weighted by Crippen LogP contribution is 2.28. The second-order valence-electron chi connectivity index (χ2n) is 3.52. The molecule has 2 rings (SSSR count). The third-order valence-electron chi connectivity index (χ3n) is 2.19. The molecule has 0 aliphatic carbocycles. The summed E-state index contributed by atoms with van der Waals surface area (Å²) in [5.74, 6) is -0.272. The second-order valence-corrected chi connectivity index (χ2v) is 3.93. The summed E-state index contributed by atoms with van der Waals surface area (Å²) >= 11 is 6.00. The first-order chi connectivity index (χ1) is 8.61. The van der Waals surface area contributed by atoms with E-state index in [2.05, 4.69) is 15.5 Å². The maximum atomic E-state index is 11.5. The molecule has 18 heavy (non-hydrogen) atoms. The Hall–Kier alpha value is -2.08. The van der Waals surface area contributed by atoms with Crippen molar-refractivity contribution in [2.24, 2.45) is 0 Å². The van der Waals surface area contributed by atoms with Crippen LogP contribution in [0.1, 0.15) is 17.5 Å². The zero-order valence-corrected chi connectivity index (χ0v) is 10.4. The minimum Gasteiger partial charge on any atom is -0.399 e. The Labute approximate surface area is 108 Å². The number of nitrogens with two attached hydrogens (primary N) is 1. The molecular formula is C11H11ClN4O2. The van der Waals surface area contributed by atoms with Crippen LogP contribution in [0.2, 0.25) is 5.02 Å². The van der Waals surface area contributed by atoms with Crippen LogP contribution in [0.3, 0.4) is 0 Å². The number of nitrogen functional groups attached to an aromatic ring is 1. The predicted octanol–water partition coefficient (Wildman–Crippen LogP) is 1.72. The molecule has 6 nitrogen and oxygen atoms in total. The van der Waals surface area contributed by atoms with E-state index in [0.717, 1.165) is 0 Å². The molecule has 1 aromatic heterocycles. The van der Waals surface area contributed by atoms with Crippen molar-refractivity contribution < 1.29 is 9.32 Å². The number of anilines is 1. The van der Waals surface area contributed by atoms with E-state index >= 15 is 0 Å². The lowest BCUT2D eigenvalue weighted by atomic mass is 10.2. The molecule has 3 N–H and O–H groups in total. The van der Waals surface area contributed by atoms with Crippen LogP contribution in [-0.4, -0.2) is 22.6 Å². The highest BCUT2D eigenvalue weighted by molar-refractivity contribution is 6.33. The topological polar surface area (TPSA) is 94.0 Å². The lowest BCUT2D eigenvalue weighted by Gasteiger charge is -1.99. The molecule has 0 fully saturated rings. The summed E-state index contributed by atoms with van der Waals surface area (Å²) in [6.07, 6.45) is 0. The number of rotatable bonds is 3. The standard InChI is InChI=1S/C11H11ClN4O2/c1-2-14-10(17)9-15-11(18-16-9)7-5-6(13)3-4-8(7)12/h3-5H,2,13H2,1H3,(H,14,17). The van der Waals surface area contributed by atoms with Crippen LogP contribution in [0.4, 0.5) is 5.69 Å². The zero-order chi connectivity index (χ0) is 13.1. The first-order valence-electron chi connectivity index (χ1n) is 5.29. The normalized spacial score (nSPS) is 10.3. The third-order valence-corrected chi connectivity index (χ3v) is 2.52. The number of hydrogen-bond donors (Lipinski definition) is 2. The van der Waals surface area contributed by atoms with Crippen molar-refractivity contribution >= 4 is 23.2 Å². The highest BCUT2D eigenvalue weighted by Gasteiger charge is 2.16. The maximum Gasteiger partial charge on any atom is 0.292 e. The summed E-state index contributed by atoms with van der Waals surface area (Å²) in [5, 5.41) is 6.58. The molecule has 94 valence electrons. The van der Waals surface area contributed by atoms with Gasteiger partial charge in [0.15, 0.2) is 0 Å². The van der Waals surface area contributed by atoms with Crippen LogP contribution in [0.15, 0.2) is 22.7 Å². The molecule has 0 bridgehead atoms. The Morgan fingerprint density at radius 2 is 2.33 bits per heavy atom. The van der Waals surface area contributed by atoms with E-state index in [9.17, 15) is 4.79 Å². The van der Waals surface area contributed by atoms with Gasteiger partial charge in [0.1, 0.15) is 0 Å². The number of carbonyl (C=O) groups excluding carboxylic acids is 1. The maximum absolute atomic E-state index is 11.5. The van der Waals surface area contributed by atoms with E-state index in [1.54, 1.807) is 25.1 Å². The lowest BCUT2D eigenvalue weighted by molar-refractivity contribution is 0.0942. The molecule has 0 saturated heterocycles. The Bertz CT molecular complexity index is 582. The van der Waals surface area contributed by atoms with E-state index in [1.165, 1.54) is 0 Å². The van der Waals surface area contributed by atoms with Gasteiger partial charge < -0.3 is 15.6 Å². The zero-order valence-electron chi connectivity index (χ0n) is 9.61. The molecular weight excluding hydrogens is 256 g/mol. The molecule has 0 spiro atoms. The Kier molecular flexibility index (Phi) is 3.47. The largest absolute Gasteiger partial charge is 0.399 e. The molecule has 0 saturated carbocycles. The van der Waals surface area contributed by atoms with Crippen LogP contribution < -0.4 is 11.1 Å². The summed E-state index contributed by atoms with van der Waals surface area (Å²) in [5.41, 5.74) is 6.67. The Balaban J connectivity index is 2.35. The minimum absolute atomic E-state index is 0.0367. The number of halogens is 1. The number of amides is 1. The minimum atomic E-state index is -0.396. The van der Waals surface area contributed by atoms with Crippen molar-refractivity contribution in [1.82, 2.24) is 15.5 Å². The summed E-state index contributed by atoms with van der Waals surface area (Å²) in [4.78, 5) is 15.5. The fourth-order valence-electron chi connectivity index (χ4n) is 1.37. The molecule has 7 heteroatoms. The smallest absolute Gasteiger partial charge is 0.292 e. The average molecular weight is 267 g/mol. The molecule has 0 unspecified atom stereocenters. The van der Waals surface area contributed by atoms with Gasteiger partial charge in [-0.3, -0.25) is 4.79 Å². The van der Waals surface area contributed by atoms with E-state index in [-0.39, 0.29) is 11.7 Å². The quantitative estimate of drug-likeness (QED) is 0.825. The van der Waals surface area contributed by atoms with Gasteiger partial charge in [-0.1, -0.05) is 16.8 Å². The SMILES string of the molecule is CCNC(=O)c1noc(-c2cc(N)ccc2Cl)n1. The van der Waals surface area contributed by atoms with Crippen LogP contribution in [-0.2, 0) is 0 Å². The Morgan fingerprint density at radius 1 is 1.56 bits per heavy atom. The summed E-state index contributed by atoms with van der Waals surface area (Å²) in [7, 11) is 0. The molecule has 0 aliphatic rings. The number of hydrogen-bond acceptors (Lipinski definition) is 5. The molecule has 0 aliphatic heterocycles. The van der Waals surface area contributed by atoms with Crippen LogP contribution in [0, 0.1) is 0 Å². The van der Waals surface area contributed by atoms with Gasteiger partial charge in [-0.25, -0.2) is 0 Å². The molecule has 1 amide bonds. The molecule has 0 radical (unpaired) electrons. The summed E-state index contributed by atoms with van der Waals surface area (Å²) in [6.45, 7) is 2.29. The first kappa shape index (κ1) is 12.4. The second kappa shape index (κ2) is 5.05. The van der Waals surface area contributed by atoms with E-state index in [4.69, 9.17) is 21.9 Å². The van der Waals surface area contributed by atoms with E-state index < -0.39 is 5.91 Å². The molecule has 1 heterocycles. The average Bonchev–Trinajstić information content (AvgIpc) is 2.82. The number of nitrogens with zero attached hydrogens (tertiary/aromatic N) is 2. The first-order valence-corrected chi connectivity index (χ1v) is 5.67. The fraction of sp³-hybridized carbons (Fsp3) is 0.182. The van der Waals surface area contributed by atoms with Gasteiger partial charge in [-0.15, -0.1) is 0 Å². The van der Waals surface area contributed by atoms with Gasteiger partial charge in [-0.05, 0) is 25.1 Å². The van der Waals surface area contributed by atoms with Gasteiger partial charge in [0.25, 0.3) is 17.6 Å². The van der Waals surface area contributed by atoms with Gasteiger partial charge in [0, 0.05) is 12.2 Å². The van der Waals surface area contributed by atoms with Crippen LogP contribution in [0.25, 0.3) is 11.5 Å². The van der Waals surface area contributed by atoms with Crippen molar-refractivity contribution in [3.8, 4) is 11.5 Å². The third kappa shape index (κ3) is 2.43. The highest BCUT2D eigenvalue weighted by atomic mass is 35.5. The lowest BCUT2D eigenvalue weighted by Crippen LogP contribution is -2.23. The predicted molar refractivity (Wildman–Crippen MR) is 67.2 cm³/mol. The van der Waals surface area contributed by atoms with Crippen molar-refractivity contribution in [2.75, 3.05) is 12.3 Å². The summed E-state index contributed by atoms with van der Waals surface area (Å²) in [6, 6.07) is 4.90. The molecule has 0 atom stereocenters. The van der Waals surface area contributed by atoms with Gasteiger partial charge >= 0.3 is 0 Å². The van der Waals surface area contributed by atoms with E-state index in [0.29, 0.717) is 22.8 Å².